The van der Waals surface area contributed by atoms with Crippen molar-refractivity contribution in [3.63, 3.8) is 0 Å². The lowest BCUT2D eigenvalue weighted by atomic mass is 9.97. The summed E-state index contributed by atoms with van der Waals surface area (Å²) in [6.07, 6.45) is 0.825. The molecule has 1 unspecified atom stereocenters. The molecule has 0 radical (unpaired) electrons. The third-order valence-corrected chi connectivity index (χ3v) is 5.97. The van der Waals surface area contributed by atoms with Crippen LogP contribution in [-0.2, 0) is 4.74 Å². The number of amides is 1. The predicted octanol–water partition coefficient (Wildman–Crippen LogP) is 5.08. The fraction of sp³-hybridized carbons (Fsp3) is 0.385. The van der Waals surface area contributed by atoms with E-state index in [1.54, 1.807) is 4.90 Å². The molecule has 31 heavy (non-hydrogen) atoms. The molecule has 3 aromatic rings. The minimum atomic E-state index is -0.454. The zero-order chi connectivity index (χ0) is 22.3. The van der Waals surface area contributed by atoms with E-state index in [9.17, 15) is 9.59 Å². The van der Waals surface area contributed by atoms with Crippen LogP contribution in [0.3, 0.4) is 0 Å². The van der Waals surface area contributed by atoms with Crippen LogP contribution in [0.4, 0.5) is 0 Å². The Kier molecular flexibility index (Phi) is 5.71. The van der Waals surface area contributed by atoms with Gasteiger partial charge in [-0.3, -0.25) is 9.59 Å². The van der Waals surface area contributed by atoms with Gasteiger partial charge in [0.15, 0.2) is 5.43 Å². The van der Waals surface area contributed by atoms with Crippen molar-refractivity contribution >= 4 is 16.9 Å². The molecule has 1 amide bonds. The van der Waals surface area contributed by atoms with Crippen molar-refractivity contribution in [2.24, 2.45) is 0 Å². The Morgan fingerprint density at radius 3 is 2.39 bits per heavy atom. The molecule has 4 rings (SSSR count). The SMILES string of the molecule is Cc1ccc(C2c3c(oc4cc(C)c(C)cc4c3=O)C(=O)N2CCCOC(C)C)cc1. The number of carbonyl (C=O) groups excluding carboxylic acids is 1. The smallest absolute Gasteiger partial charge is 0.290 e. The fourth-order valence-electron chi connectivity index (χ4n) is 4.16. The molecule has 0 bridgehead atoms. The van der Waals surface area contributed by atoms with E-state index < -0.39 is 6.04 Å². The number of hydrogen-bond donors (Lipinski definition) is 0. The maximum Gasteiger partial charge on any atom is 0.290 e. The Balaban J connectivity index is 1.83. The van der Waals surface area contributed by atoms with Crippen molar-refractivity contribution in [2.45, 2.75) is 53.2 Å². The Hall–Kier alpha value is -2.92. The van der Waals surface area contributed by atoms with Gasteiger partial charge >= 0.3 is 0 Å². The van der Waals surface area contributed by atoms with E-state index in [2.05, 4.69) is 0 Å². The number of rotatable bonds is 6. The predicted molar refractivity (Wildman–Crippen MR) is 122 cm³/mol. The lowest BCUT2D eigenvalue weighted by Gasteiger charge is -2.25. The van der Waals surface area contributed by atoms with E-state index in [1.807, 2.05) is 71.0 Å². The number of nitrogens with zero attached hydrogens (tertiary/aromatic N) is 1. The number of aryl methyl sites for hydroxylation is 3. The summed E-state index contributed by atoms with van der Waals surface area (Å²) >= 11 is 0. The number of fused-ring (bicyclic) bond motifs is 2. The van der Waals surface area contributed by atoms with Crippen molar-refractivity contribution in [1.29, 1.82) is 0 Å². The van der Waals surface area contributed by atoms with Crippen LogP contribution >= 0.6 is 0 Å². The second kappa shape index (κ2) is 8.31. The summed E-state index contributed by atoms with van der Waals surface area (Å²) in [5, 5.41) is 0.525. The lowest BCUT2D eigenvalue weighted by molar-refractivity contribution is 0.0593. The Labute approximate surface area is 182 Å². The molecule has 5 heteroatoms. The first-order valence-corrected chi connectivity index (χ1v) is 10.8. The Bertz CT molecular complexity index is 1190. The highest BCUT2D eigenvalue weighted by molar-refractivity contribution is 5.99. The second-order valence-electron chi connectivity index (χ2n) is 8.69. The van der Waals surface area contributed by atoms with Gasteiger partial charge < -0.3 is 14.1 Å². The Morgan fingerprint density at radius 2 is 1.71 bits per heavy atom. The van der Waals surface area contributed by atoms with E-state index in [1.165, 1.54) is 0 Å². The third-order valence-electron chi connectivity index (χ3n) is 5.97. The van der Waals surface area contributed by atoms with Gasteiger partial charge in [-0.2, -0.15) is 0 Å². The molecule has 0 fully saturated rings. The largest absolute Gasteiger partial charge is 0.450 e. The van der Waals surface area contributed by atoms with Gasteiger partial charge in [-0.25, -0.2) is 0 Å². The van der Waals surface area contributed by atoms with Crippen LogP contribution in [0.1, 0.15) is 64.7 Å². The zero-order valence-corrected chi connectivity index (χ0v) is 18.8. The van der Waals surface area contributed by atoms with E-state index in [0.717, 1.165) is 22.3 Å². The van der Waals surface area contributed by atoms with Crippen molar-refractivity contribution in [3.05, 3.63) is 80.2 Å². The first-order valence-electron chi connectivity index (χ1n) is 10.8. The van der Waals surface area contributed by atoms with Gasteiger partial charge in [0.2, 0.25) is 5.76 Å². The maximum atomic E-state index is 13.6. The molecule has 0 spiro atoms. The molecule has 5 nitrogen and oxygen atoms in total. The molecule has 1 atom stereocenters. The summed E-state index contributed by atoms with van der Waals surface area (Å²) in [5.74, 6) is -0.0709. The van der Waals surface area contributed by atoms with Crippen molar-refractivity contribution in [2.75, 3.05) is 13.2 Å². The van der Waals surface area contributed by atoms with Gasteiger partial charge in [-0.15, -0.1) is 0 Å². The molecular formula is C26H29NO4. The van der Waals surface area contributed by atoms with Gasteiger partial charge in [0, 0.05) is 13.2 Å². The van der Waals surface area contributed by atoms with Crippen LogP contribution in [0.2, 0.25) is 0 Å². The highest BCUT2D eigenvalue weighted by atomic mass is 16.5. The average molecular weight is 420 g/mol. The highest BCUT2D eigenvalue weighted by Gasteiger charge is 2.42. The van der Waals surface area contributed by atoms with Gasteiger partial charge in [-0.1, -0.05) is 29.8 Å². The lowest BCUT2D eigenvalue weighted by Crippen LogP contribution is -2.31. The molecule has 0 aliphatic carbocycles. The van der Waals surface area contributed by atoms with Crippen molar-refractivity contribution in [3.8, 4) is 0 Å². The first-order chi connectivity index (χ1) is 14.8. The number of carbonyl (C=O) groups is 1. The monoisotopic (exact) mass is 419 g/mol. The third kappa shape index (κ3) is 3.90. The fourth-order valence-corrected chi connectivity index (χ4v) is 4.16. The summed E-state index contributed by atoms with van der Waals surface area (Å²) < 4.78 is 11.7. The first kappa shape index (κ1) is 21.3. The molecular weight excluding hydrogens is 390 g/mol. The van der Waals surface area contributed by atoms with Crippen molar-refractivity contribution in [1.82, 2.24) is 4.90 Å². The van der Waals surface area contributed by atoms with Crippen LogP contribution in [0.15, 0.2) is 45.6 Å². The molecule has 2 aromatic carbocycles. The molecule has 0 saturated carbocycles. The van der Waals surface area contributed by atoms with E-state index in [-0.39, 0.29) is 23.2 Å². The van der Waals surface area contributed by atoms with Crippen LogP contribution in [-0.4, -0.2) is 30.1 Å². The number of hydrogen-bond acceptors (Lipinski definition) is 4. The Morgan fingerprint density at radius 1 is 1.03 bits per heavy atom. The summed E-state index contributed by atoms with van der Waals surface area (Å²) in [6.45, 7) is 11.0. The minimum Gasteiger partial charge on any atom is -0.450 e. The van der Waals surface area contributed by atoms with Gasteiger partial charge in [0.1, 0.15) is 5.58 Å². The molecule has 0 saturated heterocycles. The maximum absolute atomic E-state index is 13.6. The number of benzene rings is 2. The van der Waals surface area contributed by atoms with Crippen LogP contribution < -0.4 is 5.43 Å². The van der Waals surface area contributed by atoms with Crippen LogP contribution in [0, 0.1) is 20.8 Å². The summed E-state index contributed by atoms with van der Waals surface area (Å²) in [7, 11) is 0. The second-order valence-corrected chi connectivity index (χ2v) is 8.69. The summed E-state index contributed by atoms with van der Waals surface area (Å²) in [4.78, 5) is 28.7. The molecule has 0 N–H and O–H groups in total. The average Bonchev–Trinajstić information content (AvgIpc) is 3.00. The quantitative estimate of drug-likeness (QED) is 0.523. The normalized spacial score (nSPS) is 15.9. The van der Waals surface area contributed by atoms with E-state index in [4.69, 9.17) is 9.15 Å². The summed E-state index contributed by atoms with van der Waals surface area (Å²) in [6, 6.07) is 11.3. The van der Waals surface area contributed by atoms with Gasteiger partial charge in [0.05, 0.1) is 23.1 Å². The van der Waals surface area contributed by atoms with E-state index in [0.29, 0.717) is 36.1 Å². The van der Waals surface area contributed by atoms with Gasteiger partial charge in [-0.05, 0) is 69.9 Å². The minimum absolute atomic E-state index is 0.126. The highest BCUT2D eigenvalue weighted by Crippen LogP contribution is 2.38. The molecule has 1 aromatic heterocycles. The standard InChI is InChI=1S/C26H29NO4/c1-15(2)30-12-6-11-27-23(19-9-7-16(3)8-10-19)22-24(28)20-13-17(4)18(5)14-21(20)31-25(22)26(27)29/h7-10,13-15,23H,6,11-12H2,1-5H3. The molecule has 162 valence electrons. The summed E-state index contributed by atoms with van der Waals surface area (Å²) in [5.41, 5.74) is 4.87. The number of ether oxygens (including phenoxy) is 1. The molecule has 1 aliphatic rings. The molecule has 2 heterocycles. The van der Waals surface area contributed by atoms with Crippen LogP contribution in [0.5, 0.6) is 0 Å². The van der Waals surface area contributed by atoms with Gasteiger partial charge in [0.25, 0.3) is 5.91 Å². The zero-order valence-electron chi connectivity index (χ0n) is 18.8. The molecule has 1 aliphatic heterocycles. The topological polar surface area (TPSA) is 59.8 Å². The van der Waals surface area contributed by atoms with E-state index >= 15 is 0 Å². The van der Waals surface area contributed by atoms with Crippen molar-refractivity contribution < 1.29 is 13.9 Å². The van der Waals surface area contributed by atoms with Crippen LogP contribution in [0.25, 0.3) is 11.0 Å².